The van der Waals surface area contributed by atoms with Crippen molar-refractivity contribution in [2.45, 2.75) is 19.6 Å². The van der Waals surface area contributed by atoms with Crippen LogP contribution >= 0.6 is 11.6 Å². The summed E-state index contributed by atoms with van der Waals surface area (Å²) in [6.45, 7) is 1.95. The average Bonchev–Trinajstić information content (AvgIpc) is 2.22. The van der Waals surface area contributed by atoms with Gasteiger partial charge >= 0.3 is 0 Å². The van der Waals surface area contributed by atoms with Crippen LogP contribution < -0.4 is 5.32 Å². The van der Waals surface area contributed by atoms with E-state index in [0.29, 0.717) is 11.4 Å². The van der Waals surface area contributed by atoms with E-state index < -0.39 is 0 Å². The molecule has 0 aliphatic rings. The molecule has 0 bridgehead atoms. The van der Waals surface area contributed by atoms with Gasteiger partial charge in [-0.2, -0.15) is 0 Å². The smallest absolute Gasteiger partial charge is 0.134 e. The molecule has 0 heterocycles. The van der Waals surface area contributed by atoms with Crippen molar-refractivity contribution in [1.82, 2.24) is 0 Å². The third-order valence-electron chi connectivity index (χ3n) is 2.12. The minimum Gasteiger partial charge on any atom is -0.361 e. The lowest BCUT2D eigenvalue weighted by Gasteiger charge is -2.18. The van der Waals surface area contributed by atoms with Crippen LogP contribution in [0.3, 0.4) is 0 Å². The molecule has 4 heteroatoms. The van der Waals surface area contributed by atoms with Crippen molar-refractivity contribution in [2.75, 3.05) is 12.4 Å². The molecule has 1 atom stereocenters. The molecule has 0 saturated heterocycles. The molecule has 15 heavy (non-hydrogen) atoms. The second kappa shape index (κ2) is 5.73. The van der Waals surface area contributed by atoms with Crippen molar-refractivity contribution in [3.63, 3.8) is 0 Å². The number of aldehydes is 1. The molecule has 0 amide bonds. The van der Waals surface area contributed by atoms with E-state index in [9.17, 15) is 4.79 Å². The van der Waals surface area contributed by atoms with E-state index in [4.69, 9.17) is 16.3 Å². The minimum atomic E-state index is -0.332. The molecule has 0 aliphatic heterocycles. The van der Waals surface area contributed by atoms with Gasteiger partial charge in [0.2, 0.25) is 0 Å². The first-order valence-electron chi connectivity index (χ1n) is 4.67. The fourth-order valence-electron chi connectivity index (χ4n) is 1.28. The predicted molar refractivity (Wildman–Crippen MR) is 61.3 cm³/mol. The molecule has 1 aromatic rings. The fourth-order valence-corrected chi connectivity index (χ4v) is 1.55. The second-order valence-corrected chi connectivity index (χ2v) is 3.61. The average molecular weight is 228 g/mol. The van der Waals surface area contributed by atoms with Gasteiger partial charge in [0.05, 0.1) is 10.7 Å². The number of carbonyl (C=O) groups excluding carboxylic acids is 1. The third-order valence-corrected chi connectivity index (χ3v) is 2.44. The second-order valence-electron chi connectivity index (χ2n) is 3.20. The molecule has 0 aromatic heterocycles. The number of carbonyl (C=O) groups is 1. The van der Waals surface area contributed by atoms with Crippen LogP contribution in [-0.4, -0.2) is 19.6 Å². The number of anilines is 1. The van der Waals surface area contributed by atoms with E-state index in [-0.39, 0.29) is 6.23 Å². The van der Waals surface area contributed by atoms with Crippen molar-refractivity contribution < 1.29 is 9.53 Å². The third kappa shape index (κ3) is 3.22. The lowest BCUT2D eigenvalue weighted by atomic mass is 10.2. The van der Waals surface area contributed by atoms with Gasteiger partial charge in [-0.15, -0.1) is 0 Å². The normalized spacial score (nSPS) is 12.2. The van der Waals surface area contributed by atoms with Gasteiger partial charge in [0.1, 0.15) is 12.5 Å². The molecule has 82 valence electrons. The van der Waals surface area contributed by atoms with Crippen LogP contribution in [0.2, 0.25) is 5.02 Å². The van der Waals surface area contributed by atoms with Crippen molar-refractivity contribution in [2.24, 2.45) is 0 Å². The van der Waals surface area contributed by atoms with E-state index in [1.807, 2.05) is 19.1 Å². The Morgan fingerprint density at radius 3 is 2.87 bits per heavy atom. The van der Waals surface area contributed by atoms with E-state index >= 15 is 0 Å². The van der Waals surface area contributed by atoms with E-state index in [1.165, 1.54) is 0 Å². The SMILES string of the molecule is COC(CC=O)Nc1c(C)cccc1Cl. The Balaban J connectivity index is 2.82. The first kappa shape index (κ1) is 12.0. The van der Waals surface area contributed by atoms with Crippen molar-refractivity contribution in [3.8, 4) is 0 Å². The predicted octanol–water partition coefficient (Wildman–Crippen LogP) is 2.62. The largest absolute Gasteiger partial charge is 0.361 e. The molecule has 1 rings (SSSR count). The van der Waals surface area contributed by atoms with Gasteiger partial charge < -0.3 is 14.8 Å². The van der Waals surface area contributed by atoms with Gasteiger partial charge in [-0.3, -0.25) is 0 Å². The highest BCUT2D eigenvalue weighted by Crippen LogP contribution is 2.26. The minimum absolute atomic E-state index is 0.293. The summed E-state index contributed by atoms with van der Waals surface area (Å²) in [7, 11) is 1.55. The van der Waals surface area contributed by atoms with E-state index in [0.717, 1.165) is 17.5 Å². The molecule has 0 radical (unpaired) electrons. The van der Waals surface area contributed by atoms with Gasteiger partial charge in [0.15, 0.2) is 0 Å². The standard InChI is InChI=1S/C11H14ClNO2/c1-8-4-3-5-9(12)11(8)13-10(15-2)6-7-14/h3-5,7,10,13H,6H2,1-2H3. The number of halogens is 1. The lowest BCUT2D eigenvalue weighted by Crippen LogP contribution is -2.22. The molecule has 0 spiro atoms. The number of nitrogens with one attached hydrogen (secondary N) is 1. The molecule has 1 aromatic carbocycles. The maximum Gasteiger partial charge on any atom is 0.134 e. The first-order valence-corrected chi connectivity index (χ1v) is 5.05. The Morgan fingerprint density at radius 1 is 1.60 bits per heavy atom. The number of para-hydroxylation sites is 1. The number of rotatable bonds is 5. The van der Waals surface area contributed by atoms with Crippen LogP contribution in [0, 0.1) is 6.92 Å². The number of methoxy groups -OCH3 is 1. The van der Waals surface area contributed by atoms with Gasteiger partial charge in [-0.05, 0) is 18.6 Å². The summed E-state index contributed by atoms with van der Waals surface area (Å²) in [5, 5.41) is 3.71. The number of hydrogen-bond donors (Lipinski definition) is 1. The van der Waals surface area contributed by atoms with E-state index in [2.05, 4.69) is 5.32 Å². The Labute approximate surface area is 94.4 Å². The molecule has 1 unspecified atom stereocenters. The quantitative estimate of drug-likeness (QED) is 0.621. The Hall–Kier alpha value is -1.06. The number of aryl methyl sites for hydroxylation is 1. The molecule has 0 saturated carbocycles. The number of ether oxygens (including phenoxy) is 1. The Kier molecular flexibility index (Phi) is 4.59. The number of benzene rings is 1. The summed E-state index contributed by atoms with van der Waals surface area (Å²) in [5.41, 5.74) is 1.84. The molecular weight excluding hydrogens is 214 g/mol. The Morgan fingerprint density at radius 2 is 2.33 bits per heavy atom. The summed E-state index contributed by atoms with van der Waals surface area (Å²) in [6, 6.07) is 5.62. The highest BCUT2D eigenvalue weighted by Gasteiger charge is 2.10. The zero-order valence-corrected chi connectivity index (χ0v) is 9.54. The molecule has 0 aliphatic carbocycles. The highest BCUT2D eigenvalue weighted by molar-refractivity contribution is 6.33. The van der Waals surface area contributed by atoms with E-state index in [1.54, 1.807) is 13.2 Å². The molecule has 1 N–H and O–H groups in total. The molecular formula is C11H14ClNO2. The van der Waals surface area contributed by atoms with Gasteiger partial charge in [0.25, 0.3) is 0 Å². The van der Waals surface area contributed by atoms with Crippen LogP contribution in [0.4, 0.5) is 5.69 Å². The molecule has 3 nitrogen and oxygen atoms in total. The summed E-state index contributed by atoms with van der Waals surface area (Å²) in [4.78, 5) is 10.4. The summed E-state index contributed by atoms with van der Waals surface area (Å²) in [5.74, 6) is 0. The lowest BCUT2D eigenvalue weighted by molar-refractivity contribution is -0.109. The van der Waals surface area contributed by atoms with Gasteiger partial charge in [0, 0.05) is 13.5 Å². The highest BCUT2D eigenvalue weighted by atomic mass is 35.5. The van der Waals surface area contributed by atoms with Crippen molar-refractivity contribution in [3.05, 3.63) is 28.8 Å². The fraction of sp³-hybridized carbons (Fsp3) is 0.364. The van der Waals surface area contributed by atoms with Crippen LogP contribution in [0.1, 0.15) is 12.0 Å². The monoisotopic (exact) mass is 227 g/mol. The van der Waals surface area contributed by atoms with Gasteiger partial charge in [-0.1, -0.05) is 23.7 Å². The van der Waals surface area contributed by atoms with Crippen LogP contribution in [0.15, 0.2) is 18.2 Å². The maximum absolute atomic E-state index is 10.4. The maximum atomic E-state index is 10.4. The Bertz CT molecular complexity index is 321. The summed E-state index contributed by atoms with van der Waals surface area (Å²) in [6.07, 6.45) is 0.773. The van der Waals surface area contributed by atoms with Crippen molar-refractivity contribution in [1.29, 1.82) is 0 Å². The summed E-state index contributed by atoms with van der Waals surface area (Å²) < 4.78 is 5.10. The zero-order chi connectivity index (χ0) is 11.3. The van der Waals surface area contributed by atoms with Crippen LogP contribution in [0.25, 0.3) is 0 Å². The molecule has 0 fully saturated rings. The summed E-state index contributed by atoms with van der Waals surface area (Å²) >= 11 is 6.02. The van der Waals surface area contributed by atoms with Crippen molar-refractivity contribution >= 4 is 23.6 Å². The van der Waals surface area contributed by atoms with Gasteiger partial charge in [-0.25, -0.2) is 0 Å². The van der Waals surface area contributed by atoms with Crippen LogP contribution in [0.5, 0.6) is 0 Å². The van der Waals surface area contributed by atoms with Crippen LogP contribution in [-0.2, 0) is 9.53 Å². The first-order chi connectivity index (χ1) is 7.19. The topological polar surface area (TPSA) is 38.3 Å². The number of hydrogen-bond acceptors (Lipinski definition) is 3. The zero-order valence-electron chi connectivity index (χ0n) is 8.79.